The van der Waals surface area contributed by atoms with Crippen LogP contribution in [-0.2, 0) is 39.9 Å². The van der Waals surface area contributed by atoms with Crippen molar-refractivity contribution in [2.75, 3.05) is 13.2 Å². The van der Waals surface area contributed by atoms with Gasteiger partial charge < -0.3 is 33.5 Å². The van der Waals surface area contributed by atoms with Crippen LogP contribution in [0.2, 0.25) is 0 Å². The van der Waals surface area contributed by atoms with Gasteiger partial charge in [-0.3, -0.25) is 14.4 Å². The average Bonchev–Trinajstić information content (AvgIpc) is 2.72. The number of carbonyl (C=O) groups is 3. The molecule has 174 valence electrons. The van der Waals surface area contributed by atoms with Crippen LogP contribution in [0.25, 0.3) is 0 Å². The summed E-state index contributed by atoms with van der Waals surface area (Å²) < 4.78 is 32.8. The Balaban J connectivity index is 2.25. The number of aliphatic hydroxyl groups excluding tert-OH is 1. The Morgan fingerprint density at radius 1 is 1.16 bits per heavy atom. The standard InChI is InChI=1S/C22H26O10/c1-5-8-27-18-9-17(7-6-16(18)11-23)31-21-10-19(29-14(3)25)22(30-15(4)26)20(32-21)12-28-13(2)24/h1,6-7,9,19-23H,8,10-12H2,2-4H3/t19-,20?,21-,22+/m1/s1. The molecule has 1 N–H and O–H groups in total. The molecule has 1 aromatic carbocycles. The summed E-state index contributed by atoms with van der Waals surface area (Å²) in [6.07, 6.45) is 1.48. The van der Waals surface area contributed by atoms with E-state index >= 15 is 0 Å². The molecule has 1 fully saturated rings. The fourth-order valence-electron chi connectivity index (χ4n) is 3.12. The number of benzene rings is 1. The molecule has 0 spiro atoms. The van der Waals surface area contributed by atoms with Crippen LogP contribution in [0.5, 0.6) is 11.5 Å². The number of ether oxygens (including phenoxy) is 6. The maximum absolute atomic E-state index is 11.6. The van der Waals surface area contributed by atoms with Crippen LogP contribution in [0.3, 0.4) is 0 Å². The predicted octanol–water partition coefficient (Wildman–Crippen LogP) is 1.11. The van der Waals surface area contributed by atoms with E-state index < -0.39 is 42.5 Å². The fraction of sp³-hybridized carbons (Fsp3) is 0.500. The van der Waals surface area contributed by atoms with Crippen molar-refractivity contribution in [2.45, 2.75) is 58.4 Å². The molecule has 1 saturated heterocycles. The number of hydrogen-bond acceptors (Lipinski definition) is 10. The molecule has 0 aromatic heterocycles. The van der Waals surface area contributed by atoms with Crippen LogP contribution < -0.4 is 9.47 Å². The first-order chi connectivity index (χ1) is 15.2. The van der Waals surface area contributed by atoms with Gasteiger partial charge in [0.15, 0.2) is 6.10 Å². The van der Waals surface area contributed by atoms with Gasteiger partial charge in [-0.05, 0) is 12.1 Å². The highest BCUT2D eigenvalue weighted by atomic mass is 16.7. The quantitative estimate of drug-likeness (QED) is 0.332. The molecule has 1 aromatic rings. The molecular weight excluding hydrogens is 424 g/mol. The predicted molar refractivity (Wildman–Crippen MR) is 108 cm³/mol. The fourth-order valence-corrected chi connectivity index (χ4v) is 3.12. The van der Waals surface area contributed by atoms with Crippen LogP contribution >= 0.6 is 0 Å². The second-order valence-electron chi connectivity index (χ2n) is 6.90. The molecule has 1 aliphatic rings. The lowest BCUT2D eigenvalue weighted by Gasteiger charge is -2.39. The van der Waals surface area contributed by atoms with Gasteiger partial charge in [0.1, 0.15) is 36.9 Å². The first-order valence-electron chi connectivity index (χ1n) is 9.83. The maximum atomic E-state index is 11.6. The molecule has 1 heterocycles. The number of esters is 3. The third kappa shape index (κ3) is 7.44. The van der Waals surface area contributed by atoms with Crippen LogP contribution in [-0.4, -0.2) is 60.8 Å². The molecule has 1 aliphatic heterocycles. The van der Waals surface area contributed by atoms with Gasteiger partial charge in [0.25, 0.3) is 0 Å². The third-order valence-electron chi connectivity index (χ3n) is 4.34. The molecule has 4 atom stereocenters. The minimum atomic E-state index is -0.998. The lowest BCUT2D eigenvalue weighted by atomic mass is 10.0. The number of aliphatic hydroxyl groups is 1. The zero-order valence-corrected chi connectivity index (χ0v) is 18.1. The molecule has 0 radical (unpaired) electrons. The topological polar surface area (TPSA) is 127 Å². The van der Waals surface area contributed by atoms with Gasteiger partial charge in [-0.15, -0.1) is 6.42 Å². The summed E-state index contributed by atoms with van der Waals surface area (Å²) in [5.74, 6) is 1.25. The maximum Gasteiger partial charge on any atom is 0.303 e. The number of carbonyl (C=O) groups excluding carboxylic acids is 3. The molecule has 2 rings (SSSR count). The lowest BCUT2D eigenvalue weighted by Crippen LogP contribution is -2.54. The average molecular weight is 450 g/mol. The largest absolute Gasteiger partial charge is 0.480 e. The van der Waals surface area contributed by atoms with Gasteiger partial charge in [0, 0.05) is 32.4 Å². The Labute approximate surface area is 185 Å². The van der Waals surface area contributed by atoms with E-state index in [1.165, 1.54) is 26.8 Å². The SMILES string of the molecule is C#CCOc1cc(O[C@H]2C[C@@H](OC(C)=O)[C@H](OC(C)=O)C(COC(C)=O)O2)ccc1CO. The molecule has 10 heteroatoms. The number of hydrogen-bond donors (Lipinski definition) is 1. The van der Waals surface area contributed by atoms with E-state index in [9.17, 15) is 19.5 Å². The lowest BCUT2D eigenvalue weighted by molar-refractivity contribution is -0.245. The first kappa shape index (κ1) is 25.0. The second-order valence-corrected chi connectivity index (χ2v) is 6.90. The number of terminal acetylenes is 1. The van der Waals surface area contributed by atoms with E-state index in [0.29, 0.717) is 17.1 Å². The summed E-state index contributed by atoms with van der Waals surface area (Å²) in [6, 6.07) is 4.73. The highest BCUT2D eigenvalue weighted by Gasteiger charge is 2.44. The summed E-state index contributed by atoms with van der Waals surface area (Å²) in [7, 11) is 0. The van der Waals surface area contributed by atoms with Crippen LogP contribution in [0.15, 0.2) is 18.2 Å². The van der Waals surface area contributed by atoms with E-state index in [1.807, 2.05) is 0 Å². The van der Waals surface area contributed by atoms with Gasteiger partial charge in [-0.25, -0.2) is 0 Å². The van der Waals surface area contributed by atoms with E-state index in [0.717, 1.165) is 0 Å². The smallest absolute Gasteiger partial charge is 0.303 e. The Morgan fingerprint density at radius 3 is 2.47 bits per heavy atom. The molecule has 1 unspecified atom stereocenters. The van der Waals surface area contributed by atoms with Crippen molar-refractivity contribution in [1.82, 2.24) is 0 Å². The van der Waals surface area contributed by atoms with Crippen molar-refractivity contribution in [1.29, 1.82) is 0 Å². The zero-order valence-electron chi connectivity index (χ0n) is 18.1. The van der Waals surface area contributed by atoms with Crippen LogP contribution in [0, 0.1) is 12.3 Å². The highest BCUT2D eigenvalue weighted by Crippen LogP contribution is 2.31. The van der Waals surface area contributed by atoms with Crippen LogP contribution in [0.1, 0.15) is 32.8 Å². The molecule has 0 bridgehead atoms. The van der Waals surface area contributed by atoms with Crippen molar-refractivity contribution in [2.24, 2.45) is 0 Å². The van der Waals surface area contributed by atoms with Crippen molar-refractivity contribution in [3.05, 3.63) is 23.8 Å². The third-order valence-corrected chi connectivity index (χ3v) is 4.34. The van der Waals surface area contributed by atoms with Crippen LogP contribution in [0.4, 0.5) is 0 Å². The van der Waals surface area contributed by atoms with Crippen molar-refractivity contribution < 1.29 is 47.9 Å². The van der Waals surface area contributed by atoms with Gasteiger partial charge in [-0.2, -0.15) is 0 Å². The van der Waals surface area contributed by atoms with Crippen molar-refractivity contribution >= 4 is 17.9 Å². The molecule has 0 saturated carbocycles. The minimum absolute atomic E-state index is 0.000563. The minimum Gasteiger partial charge on any atom is -0.480 e. The van der Waals surface area contributed by atoms with Gasteiger partial charge in [0.05, 0.1) is 13.0 Å². The summed E-state index contributed by atoms with van der Waals surface area (Å²) in [5.41, 5.74) is 0.512. The number of rotatable bonds is 9. The van der Waals surface area contributed by atoms with Gasteiger partial charge in [-0.1, -0.05) is 5.92 Å². The monoisotopic (exact) mass is 450 g/mol. The normalized spacial score (nSPS) is 22.2. The van der Waals surface area contributed by atoms with Gasteiger partial charge in [0.2, 0.25) is 6.29 Å². The summed E-state index contributed by atoms with van der Waals surface area (Å²) >= 11 is 0. The molecule has 0 aliphatic carbocycles. The zero-order chi connectivity index (χ0) is 23.7. The van der Waals surface area contributed by atoms with Gasteiger partial charge >= 0.3 is 17.9 Å². The molecule has 32 heavy (non-hydrogen) atoms. The molecule has 10 nitrogen and oxygen atoms in total. The molecule has 0 amide bonds. The van der Waals surface area contributed by atoms with Crippen molar-refractivity contribution in [3.8, 4) is 23.8 Å². The summed E-state index contributed by atoms with van der Waals surface area (Å²) in [5, 5.41) is 9.46. The second kappa shape index (κ2) is 11.9. The Kier molecular flexibility index (Phi) is 9.31. The Bertz CT molecular complexity index is 859. The summed E-state index contributed by atoms with van der Waals surface area (Å²) in [6.45, 7) is 3.14. The molecular formula is C22H26O10. The van der Waals surface area contributed by atoms with E-state index in [4.69, 9.17) is 34.8 Å². The Hall–Kier alpha value is -3.29. The van der Waals surface area contributed by atoms with E-state index in [-0.39, 0.29) is 26.2 Å². The van der Waals surface area contributed by atoms with E-state index in [1.54, 1.807) is 12.1 Å². The summed E-state index contributed by atoms with van der Waals surface area (Å²) in [4.78, 5) is 34.5. The Morgan fingerprint density at radius 2 is 1.88 bits per heavy atom. The van der Waals surface area contributed by atoms with E-state index in [2.05, 4.69) is 5.92 Å². The van der Waals surface area contributed by atoms with Crippen molar-refractivity contribution in [3.63, 3.8) is 0 Å². The highest BCUT2D eigenvalue weighted by molar-refractivity contribution is 5.67. The first-order valence-corrected chi connectivity index (χ1v) is 9.83.